The smallest absolute Gasteiger partial charge is 0.262 e. The Hall–Kier alpha value is -2.64. The predicted octanol–water partition coefficient (Wildman–Crippen LogP) is 5.38. The first-order chi connectivity index (χ1) is 14.9. The standard InChI is InChI=1S/C23H22ClFN4OS/c1-15-13-16(2)29(27-15)12-6-11-28-22(30)17-7-3-4-10-21(17)26-23(28)31-14-18-19(24)8-5-9-20(18)25/h3-5,7-10,13H,6,11-12,14H2,1-2H3. The Labute approximate surface area is 188 Å². The molecule has 5 nitrogen and oxygen atoms in total. The van der Waals surface area contributed by atoms with Crippen molar-refractivity contribution in [1.29, 1.82) is 0 Å². The van der Waals surface area contributed by atoms with E-state index in [1.807, 2.05) is 42.8 Å². The number of nitrogens with zero attached hydrogens (tertiary/aromatic N) is 4. The fraction of sp³-hybridized carbons (Fsp3) is 0.261. The molecule has 0 fully saturated rings. The second-order valence-electron chi connectivity index (χ2n) is 7.36. The van der Waals surface area contributed by atoms with Crippen molar-refractivity contribution in [3.8, 4) is 0 Å². The lowest BCUT2D eigenvalue weighted by Crippen LogP contribution is -2.24. The predicted molar refractivity (Wildman–Crippen MR) is 123 cm³/mol. The first-order valence-corrected chi connectivity index (χ1v) is 11.4. The van der Waals surface area contributed by atoms with Crippen molar-refractivity contribution in [1.82, 2.24) is 19.3 Å². The molecule has 0 unspecified atom stereocenters. The molecule has 0 radical (unpaired) electrons. The van der Waals surface area contributed by atoms with E-state index in [2.05, 4.69) is 5.10 Å². The van der Waals surface area contributed by atoms with Gasteiger partial charge in [-0.1, -0.05) is 41.6 Å². The van der Waals surface area contributed by atoms with Gasteiger partial charge in [0.05, 0.1) is 16.6 Å². The molecule has 4 aromatic rings. The normalized spacial score (nSPS) is 11.4. The third-order valence-electron chi connectivity index (χ3n) is 5.09. The number of aromatic nitrogens is 4. The minimum Gasteiger partial charge on any atom is -0.287 e. The average molecular weight is 457 g/mol. The molecular formula is C23H22ClFN4OS. The quantitative estimate of drug-likeness (QED) is 0.276. The SMILES string of the molecule is Cc1cc(C)n(CCCn2c(SCc3c(F)cccc3Cl)nc3ccccc3c2=O)n1. The first-order valence-electron chi connectivity index (χ1n) is 10.0. The molecule has 8 heteroatoms. The molecule has 0 spiro atoms. The summed E-state index contributed by atoms with van der Waals surface area (Å²) >= 11 is 7.49. The van der Waals surface area contributed by atoms with Crippen molar-refractivity contribution < 1.29 is 4.39 Å². The minimum absolute atomic E-state index is 0.0962. The molecular weight excluding hydrogens is 435 g/mol. The second kappa shape index (κ2) is 9.24. The maximum absolute atomic E-state index is 14.2. The van der Waals surface area contributed by atoms with Crippen molar-refractivity contribution in [3.63, 3.8) is 0 Å². The summed E-state index contributed by atoms with van der Waals surface area (Å²) in [7, 11) is 0. The lowest BCUT2D eigenvalue weighted by Gasteiger charge is -2.14. The van der Waals surface area contributed by atoms with Crippen LogP contribution in [0, 0.1) is 19.7 Å². The third-order valence-corrected chi connectivity index (χ3v) is 6.45. The molecule has 2 heterocycles. The lowest BCUT2D eigenvalue weighted by atomic mass is 10.2. The number of rotatable bonds is 7. The third kappa shape index (κ3) is 4.67. The van der Waals surface area contributed by atoms with Gasteiger partial charge in [-0.3, -0.25) is 14.0 Å². The topological polar surface area (TPSA) is 52.7 Å². The lowest BCUT2D eigenvalue weighted by molar-refractivity contribution is 0.487. The van der Waals surface area contributed by atoms with Gasteiger partial charge in [-0.15, -0.1) is 0 Å². The summed E-state index contributed by atoms with van der Waals surface area (Å²) in [5.41, 5.74) is 3.00. The fourth-order valence-corrected chi connectivity index (χ4v) is 4.91. The molecule has 0 aliphatic rings. The Morgan fingerprint density at radius 3 is 2.65 bits per heavy atom. The van der Waals surface area contributed by atoms with E-state index < -0.39 is 0 Å². The van der Waals surface area contributed by atoms with Crippen LogP contribution in [0.5, 0.6) is 0 Å². The molecule has 0 N–H and O–H groups in total. The molecule has 0 saturated heterocycles. The molecule has 31 heavy (non-hydrogen) atoms. The molecule has 0 aliphatic heterocycles. The van der Waals surface area contributed by atoms with Gasteiger partial charge in [-0.25, -0.2) is 9.37 Å². The molecule has 0 amide bonds. The van der Waals surface area contributed by atoms with Crippen LogP contribution in [0.25, 0.3) is 10.9 Å². The van der Waals surface area contributed by atoms with Gasteiger partial charge in [-0.05, 0) is 50.6 Å². The number of fused-ring (bicyclic) bond motifs is 1. The van der Waals surface area contributed by atoms with Gasteiger partial charge in [0.1, 0.15) is 5.82 Å². The summed E-state index contributed by atoms with van der Waals surface area (Å²) in [6.45, 7) is 5.16. The van der Waals surface area contributed by atoms with Crippen LogP contribution < -0.4 is 5.56 Å². The van der Waals surface area contributed by atoms with Gasteiger partial charge in [0.2, 0.25) is 0 Å². The summed E-state index contributed by atoms with van der Waals surface area (Å²) in [5, 5.41) is 5.97. The number of hydrogen-bond donors (Lipinski definition) is 0. The highest BCUT2D eigenvalue weighted by Gasteiger charge is 2.14. The van der Waals surface area contributed by atoms with E-state index in [1.165, 1.54) is 17.8 Å². The zero-order valence-electron chi connectivity index (χ0n) is 17.3. The zero-order valence-corrected chi connectivity index (χ0v) is 18.9. The molecule has 0 bridgehead atoms. The summed E-state index contributed by atoms with van der Waals surface area (Å²) in [5.74, 6) is -0.0764. The minimum atomic E-state index is -0.362. The highest BCUT2D eigenvalue weighted by atomic mass is 35.5. The van der Waals surface area contributed by atoms with E-state index in [0.717, 1.165) is 17.8 Å². The largest absolute Gasteiger partial charge is 0.287 e. The van der Waals surface area contributed by atoms with Gasteiger partial charge in [0.15, 0.2) is 5.16 Å². The average Bonchev–Trinajstić information content (AvgIpc) is 3.06. The van der Waals surface area contributed by atoms with Crippen molar-refractivity contribution in [2.75, 3.05) is 0 Å². The number of aryl methyl sites for hydroxylation is 3. The fourth-order valence-electron chi connectivity index (χ4n) is 3.54. The maximum Gasteiger partial charge on any atom is 0.262 e. The number of halogens is 2. The summed E-state index contributed by atoms with van der Waals surface area (Å²) < 4.78 is 17.8. The van der Waals surface area contributed by atoms with Gasteiger partial charge in [0.25, 0.3) is 5.56 Å². The van der Waals surface area contributed by atoms with Crippen molar-refractivity contribution in [2.45, 2.75) is 44.3 Å². The van der Waals surface area contributed by atoms with E-state index in [0.29, 0.717) is 39.7 Å². The highest BCUT2D eigenvalue weighted by molar-refractivity contribution is 7.98. The van der Waals surface area contributed by atoms with E-state index >= 15 is 0 Å². The number of para-hydroxylation sites is 1. The molecule has 0 atom stereocenters. The Morgan fingerprint density at radius 2 is 1.90 bits per heavy atom. The van der Waals surface area contributed by atoms with Crippen LogP contribution in [0.1, 0.15) is 23.4 Å². The molecule has 2 aromatic carbocycles. The molecule has 0 saturated carbocycles. The van der Waals surface area contributed by atoms with E-state index in [1.54, 1.807) is 22.8 Å². The Kier molecular flexibility index (Phi) is 6.43. The van der Waals surface area contributed by atoms with Crippen LogP contribution in [0.15, 0.2) is 58.5 Å². The Balaban J connectivity index is 1.63. The molecule has 4 rings (SSSR count). The first kappa shape index (κ1) is 21.6. The van der Waals surface area contributed by atoms with Gasteiger partial charge in [-0.2, -0.15) is 5.10 Å². The van der Waals surface area contributed by atoms with Crippen LogP contribution in [-0.4, -0.2) is 19.3 Å². The second-order valence-corrected chi connectivity index (χ2v) is 8.71. The number of benzene rings is 2. The number of hydrogen-bond acceptors (Lipinski definition) is 4. The Morgan fingerprint density at radius 1 is 1.10 bits per heavy atom. The van der Waals surface area contributed by atoms with Gasteiger partial charge < -0.3 is 0 Å². The van der Waals surface area contributed by atoms with Crippen LogP contribution in [0.4, 0.5) is 4.39 Å². The van der Waals surface area contributed by atoms with Gasteiger partial charge in [0, 0.05) is 35.1 Å². The van der Waals surface area contributed by atoms with E-state index in [4.69, 9.17) is 16.6 Å². The van der Waals surface area contributed by atoms with Crippen molar-refractivity contribution in [2.24, 2.45) is 0 Å². The van der Waals surface area contributed by atoms with E-state index in [-0.39, 0.29) is 17.1 Å². The van der Waals surface area contributed by atoms with Crippen molar-refractivity contribution in [3.05, 3.63) is 86.7 Å². The zero-order chi connectivity index (χ0) is 22.0. The van der Waals surface area contributed by atoms with Crippen molar-refractivity contribution >= 4 is 34.3 Å². The van der Waals surface area contributed by atoms with Crippen LogP contribution in [-0.2, 0) is 18.8 Å². The molecule has 160 valence electrons. The molecule has 2 aromatic heterocycles. The molecule has 0 aliphatic carbocycles. The summed E-state index contributed by atoms with van der Waals surface area (Å²) in [4.78, 5) is 17.9. The van der Waals surface area contributed by atoms with Crippen LogP contribution in [0.2, 0.25) is 5.02 Å². The summed E-state index contributed by atoms with van der Waals surface area (Å²) in [6.07, 6.45) is 0.718. The van der Waals surface area contributed by atoms with Crippen LogP contribution >= 0.6 is 23.4 Å². The monoisotopic (exact) mass is 456 g/mol. The summed E-state index contributed by atoms with van der Waals surface area (Å²) in [6, 6.07) is 13.9. The van der Waals surface area contributed by atoms with Gasteiger partial charge >= 0.3 is 0 Å². The highest BCUT2D eigenvalue weighted by Crippen LogP contribution is 2.28. The van der Waals surface area contributed by atoms with E-state index in [9.17, 15) is 9.18 Å². The maximum atomic E-state index is 14.2. The van der Waals surface area contributed by atoms with Crippen LogP contribution in [0.3, 0.4) is 0 Å². The number of thioether (sulfide) groups is 1. The Bertz CT molecular complexity index is 1280.